The third-order valence-corrected chi connectivity index (χ3v) is 6.55. The Hall–Kier alpha value is -6.37. The van der Waals surface area contributed by atoms with Gasteiger partial charge in [0.15, 0.2) is 17.3 Å². The highest BCUT2D eigenvalue weighted by Crippen LogP contribution is 2.37. The number of nitrogens with zero attached hydrogens (tertiary/aromatic N) is 5. The van der Waals surface area contributed by atoms with Crippen LogP contribution in [0.4, 0.5) is 22.0 Å². The molecule has 0 aliphatic heterocycles. The summed E-state index contributed by atoms with van der Waals surface area (Å²) in [5.41, 5.74) is 3.04. The van der Waals surface area contributed by atoms with E-state index < -0.39 is 12.1 Å². The number of nitrogens with one attached hydrogen (secondary N) is 2. The molecule has 3 aromatic carbocycles. The van der Waals surface area contributed by atoms with Gasteiger partial charge in [0.2, 0.25) is 0 Å². The molecule has 6 rings (SSSR count). The van der Waals surface area contributed by atoms with Crippen LogP contribution in [-0.4, -0.2) is 54.9 Å². The zero-order chi connectivity index (χ0) is 30.8. The summed E-state index contributed by atoms with van der Waals surface area (Å²) in [7, 11) is 1.45. The lowest BCUT2D eigenvalue weighted by molar-refractivity contribution is -0.132. The lowest BCUT2D eigenvalue weighted by Crippen LogP contribution is -2.12. The van der Waals surface area contributed by atoms with Crippen molar-refractivity contribution in [2.75, 3.05) is 17.7 Å². The molecule has 6 aromatic rings. The van der Waals surface area contributed by atoms with E-state index in [2.05, 4.69) is 20.7 Å². The fraction of sp³-hybridized carbons (Fsp3) is 0.0645. The van der Waals surface area contributed by atoms with Crippen molar-refractivity contribution in [1.29, 1.82) is 0 Å². The van der Waals surface area contributed by atoms with E-state index in [1.807, 2.05) is 6.07 Å². The first-order valence-electron chi connectivity index (χ1n) is 13.2. The first kappa shape index (κ1) is 27.8. The van der Waals surface area contributed by atoms with Gasteiger partial charge in [-0.05, 0) is 48.5 Å². The summed E-state index contributed by atoms with van der Waals surface area (Å²) in [6.07, 6.45) is 3.32. The lowest BCUT2D eigenvalue weighted by atomic mass is 10.1. The number of hydrogen-bond donors (Lipinski definition) is 3. The largest absolute Gasteiger partial charge is 0.493 e. The Bertz CT molecular complexity index is 2080. The quantitative estimate of drug-likeness (QED) is 0.159. The van der Waals surface area contributed by atoms with Crippen molar-refractivity contribution in [3.8, 4) is 22.9 Å². The Kier molecular flexibility index (Phi) is 7.25. The van der Waals surface area contributed by atoms with Gasteiger partial charge in [-0.1, -0.05) is 12.1 Å². The fourth-order valence-electron chi connectivity index (χ4n) is 4.59. The number of esters is 1. The Morgan fingerprint density at radius 2 is 1.77 bits per heavy atom. The Balaban J connectivity index is 1.44. The van der Waals surface area contributed by atoms with E-state index in [0.29, 0.717) is 61.7 Å². The first-order valence-corrected chi connectivity index (χ1v) is 13.2. The smallest absolute Gasteiger partial charge is 0.432 e. The van der Waals surface area contributed by atoms with Gasteiger partial charge in [0, 0.05) is 53.1 Å². The summed E-state index contributed by atoms with van der Waals surface area (Å²) in [6.45, 7) is 1.29. The van der Waals surface area contributed by atoms with Gasteiger partial charge in [-0.3, -0.25) is 14.6 Å². The fourth-order valence-corrected chi connectivity index (χ4v) is 4.59. The number of carbonyl (C=O) groups is 3. The van der Waals surface area contributed by atoms with Crippen LogP contribution in [0.1, 0.15) is 17.3 Å². The molecule has 3 aromatic heterocycles. The van der Waals surface area contributed by atoms with Crippen molar-refractivity contribution in [1.82, 2.24) is 24.7 Å². The second kappa shape index (κ2) is 11.5. The number of rotatable bonds is 7. The maximum atomic E-state index is 12.7. The monoisotopic (exact) mass is 589 g/mol. The lowest BCUT2D eigenvalue weighted by Gasteiger charge is -2.15. The number of methoxy groups -OCH3 is 1. The number of ether oxygens (including phenoxy) is 2. The number of pyridine rings is 1. The highest BCUT2D eigenvalue weighted by Gasteiger charge is 2.17. The predicted octanol–water partition coefficient (Wildman–Crippen LogP) is 5.50. The van der Waals surface area contributed by atoms with Crippen molar-refractivity contribution >= 4 is 57.0 Å². The molecule has 0 atom stereocenters. The molecule has 0 saturated carbocycles. The van der Waals surface area contributed by atoms with E-state index in [9.17, 15) is 19.5 Å². The molecule has 0 saturated heterocycles. The van der Waals surface area contributed by atoms with Crippen LogP contribution in [0.3, 0.4) is 0 Å². The summed E-state index contributed by atoms with van der Waals surface area (Å²) in [5, 5.41) is 20.6. The standard InChI is InChI=1S/C31H23N7O6/c1-17(39)44-27-13-23-24(14-26(27)43-2)36-28(18-5-3-7-21(11-18)35-30(40)19-6-4-10-32-15-19)37-29(23)34-22-8-9-25-20(12-22)16-33-38(25)31(41)42/h3-16H,1-2H3,(H,35,40)(H,41,42)(H,34,36,37). The number of amides is 1. The minimum Gasteiger partial charge on any atom is -0.493 e. The first-order chi connectivity index (χ1) is 21.3. The van der Waals surface area contributed by atoms with Crippen molar-refractivity contribution in [2.45, 2.75) is 6.92 Å². The van der Waals surface area contributed by atoms with Crippen molar-refractivity contribution < 1.29 is 29.0 Å². The number of carboxylic acid groups (broad SMARTS) is 1. The summed E-state index contributed by atoms with van der Waals surface area (Å²) in [5.74, 6) is 0.339. The number of fused-ring (bicyclic) bond motifs is 2. The molecule has 44 heavy (non-hydrogen) atoms. The number of carbonyl (C=O) groups excluding carboxylic acids is 2. The van der Waals surface area contributed by atoms with Gasteiger partial charge in [-0.25, -0.2) is 14.8 Å². The van der Waals surface area contributed by atoms with E-state index in [-0.39, 0.29) is 11.7 Å². The summed E-state index contributed by atoms with van der Waals surface area (Å²) >= 11 is 0. The highest BCUT2D eigenvalue weighted by molar-refractivity contribution is 6.04. The van der Waals surface area contributed by atoms with E-state index >= 15 is 0 Å². The van der Waals surface area contributed by atoms with Crippen molar-refractivity contribution in [3.05, 3.63) is 90.9 Å². The molecule has 0 bridgehead atoms. The molecule has 13 nitrogen and oxygen atoms in total. The molecule has 3 N–H and O–H groups in total. The summed E-state index contributed by atoms with van der Waals surface area (Å²) in [6, 6.07) is 18.7. The molecule has 0 aliphatic carbocycles. The molecule has 1 amide bonds. The van der Waals surface area contributed by atoms with E-state index in [0.717, 1.165) is 4.68 Å². The second-order valence-corrected chi connectivity index (χ2v) is 9.52. The zero-order valence-electron chi connectivity index (χ0n) is 23.3. The normalized spacial score (nSPS) is 10.9. The Labute approximate surface area is 249 Å². The van der Waals surface area contributed by atoms with Gasteiger partial charge < -0.3 is 25.2 Å². The maximum absolute atomic E-state index is 12.7. The third kappa shape index (κ3) is 5.56. The highest BCUT2D eigenvalue weighted by atomic mass is 16.6. The number of aromatic nitrogens is 5. The predicted molar refractivity (Wildman–Crippen MR) is 161 cm³/mol. The summed E-state index contributed by atoms with van der Waals surface area (Å²) < 4.78 is 11.7. The van der Waals surface area contributed by atoms with E-state index in [1.54, 1.807) is 66.9 Å². The van der Waals surface area contributed by atoms with Crippen LogP contribution in [0, 0.1) is 0 Å². The minimum absolute atomic E-state index is 0.185. The van der Waals surface area contributed by atoms with Crippen LogP contribution in [0.2, 0.25) is 0 Å². The zero-order valence-corrected chi connectivity index (χ0v) is 23.3. The van der Waals surface area contributed by atoms with Gasteiger partial charge >= 0.3 is 12.1 Å². The molecule has 0 fully saturated rings. The molecule has 3 heterocycles. The van der Waals surface area contributed by atoms with Crippen LogP contribution in [0.5, 0.6) is 11.5 Å². The van der Waals surface area contributed by atoms with E-state index in [1.165, 1.54) is 26.4 Å². The summed E-state index contributed by atoms with van der Waals surface area (Å²) in [4.78, 5) is 49.5. The molecule has 0 unspecified atom stereocenters. The molecular formula is C31H23N7O6. The van der Waals surface area contributed by atoms with Crippen LogP contribution in [-0.2, 0) is 4.79 Å². The molecule has 0 radical (unpaired) electrons. The van der Waals surface area contributed by atoms with Crippen LogP contribution < -0.4 is 20.1 Å². The van der Waals surface area contributed by atoms with E-state index in [4.69, 9.17) is 19.4 Å². The van der Waals surface area contributed by atoms with Gasteiger partial charge in [-0.15, -0.1) is 0 Å². The van der Waals surface area contributed by atoms with Crippen molar-refractivity contribution in [3.63, 3.8) is 0 Å². The SMILES string of the molecule is COc1cc2nc(-c3cccc(NC(=O)c4cccnc4)c3)nc(Nc3ccc4c(cnn4C(=O)O)c3)c2cc1OC(C)=O. The number of benzene rings is 3. The number of anilines is 3. The van der Waals surface area contributed by atoms with Gasteiger partial charge in [0.05, 0.1) is 29.9 Å². The van der Waals surface area contributed by atoms with Gasteiger partial charge in [-0.2, -0.15) is 9.78 Å². The van der Waals surface area contributed by atoms with Gasteiger partial charge in [0.25, 0.3) is 5.91 Å². The Morgan fingerprint density at radius 3 is 2.52 bits per heavy atom. The molecule has 0 aliphatic rings. The Morgan fingerprint density at radius 1 is 0.909 bits per heavy atom. The van der Waals surface area contributed by atoms with Crippen LogP contribution in [0.15, 0.2) is 85.3 Å². The third-order valence-electron chi connectivity index (χ3n) is 6.55. The topological polar surface area (TPSA) is 170 Å². The van der Waals surface area contributed by atoms with Crippen LogP contribution >= 0.6 is 0 Å². The van der Waals surface area contributed by atoms with Crippen molar-refractivity contribution in [2.24, 2.45) is 0 Å². The maximum Gasteiger partial charge on any atom is 0.432 e. The average Bonchev–Trinajstić information content (AvgIpc) is 3.45. The minimum atomic E-state index is -1.20. The molecule has 0 spiro atoms. The average molecular weight is 590 g/mol. The molecular weight excluding hydrogens is 566 g/mol. The number of hydrogen-bond acceptors (Lipinski definition) is 10. The van der Waals surface area contributed by atoms with Gasteiger partial charge in [0.1, 0.15) is 5.82 Å². The van der Waals surface area contributed by atoms with Crippen LogP contribution in [0.25, 0.3) is 33.2 Å². The molecule has 218 valence electrons. The second-order valence-electron chi connectivity index (χ2n) is 9.52. The molecule has 13 heteroatoms.